The predicted molar refractivity (Wildman–Crippen MR) is 168 cm³/mol. The second kappa shape index (κ2) is 12.8. The van der Waals surface area contributed by atoms with Gasteiger partial charge < -0.3 is 21.1 Å². The smallest absolute Gasteiger partial charge is 0.253 e. The summed E-state index contributed by atoms with van der Waals surface area (Å²) in [6.45, 7) is 18.8. The van der Waals surface area contributed by atoms with Crippen LogP contribution in [-0.2, 0) is 15.3 Å². The zero-order valence-corrected chi connectivity index (χ0v) is 27.4. The molecule has 1 fully saturated rings. The van der Waals surface area contributed by atoms with Crippen LogP contribution < -0.4 is 16.0 Å². The highest BCUT2D eigenvalue weighted by molar-refractivity contribution is 7.91. The van der Waals surface area contributed by atoms with Crippen LogP contribution in [0.5, 0.6) is 5.75 Å². The Morgan fingerprint density at radius 1 is 0.951 bits per heavy atom. The third kappa shape index (κ3) is 9.53. The van der Waals surface area contributed by atoms with Gasteiger partial charge in [-0.2, -0.15) is 15.0 Å². The molecule has 0 unspecified atom stereocenters. The fourth-order valence-electron chi connectivity index (χ4n) is 5.94. The number of unbranched alkanes of at least 4 members (excludes halogenated alkanes) is 5. The van der Waals surface area contributed by atoms with Gasteiger partial charge in [-0.25, -0.2) is 8.42 Å². The molecule has 1 aromatic carbocycles. The highest BCUT2D eigenvalue weighted by atomic mass is 32.2. The average molecular weight is 589 g/mol. The Balaban J connectivity index is 1.94. The quantitative estimate of drug-likeness (QED) is 0.157. The van der Waals surface area contributed by atoms with Crippen molar-refractivity contribution in [1.29, 1.82) is 0 Å². The van der Waals surface area contributed by atoms with E-state index in [0.29, 0.717) is 17.7 Å². The van der Waals surface area contributed by atoms with Crippen LogP contribution >= 0.6 is 0 Å². The molecule has 1 aliphatic heterocycles. The molecule has 1 saturated heterocycles. The standard InChI is InChI=1S/C31H52N6O3S/c1-10-11-12-13-14-15-16-41(39,40)28-35-26(32-22-17-21(2)25(38)24(18-22)29(3,4)5)34-27(36-28)33-23-19-30(6,7)37-31(8,9)20-23/h17-18,23,37-38H,10-16,19-20H2,1-9H3,(H2,32,33,34,35,36). The first-order chi connectivity index (χ1) is 18.9. The first-order valence-corrected chi connectivity index (χ1v) is 16.7. The first-order valence-electron chi connectivity index (χ1n) is 15.1. The van der Waals surface area contributed by atoms with E-state index in [1.54, 1.807) is 0 Å². The summed E-state index contributed by atoms with van der Waals surface area (Å²) in [5, 5.41) is 20.8. The molecule has 0 atom stereocenters. The number of nitrogens with zero attached hydrogens (tertiary/aromatic N) is 3. The van der Waals surface area contributed by atoms with Gasteiger partial charge in [0.05, 0.1) is 5.75 Å². The lowest BCUT2D eigenvalue weighted by Gasteiger charge is -2.46. The van der Waals surface area contributed by atoms with E-state index in [9.17, 15) is 13.5 Å². The Morgan fingerprint density at radius 3 is 2.15 bits per heavy atom. The van der Waals surface area contributed by atoms with E-state index in [2.05, 4.69) is 65.5 Å². The number of rotatable bonds is 12. The number of hydrogen-bond donors (Lipinski definition) is 4. The van der Waals surface area contributed by atoms with Crippen molar-refractivity contribution < 1.29 is 13.5 Å². The van der Waals surface area contributed by atoms with E-state index in [1.807, 2.05) is 39.8 Å². The average Bonchev–Trinajstić information content (AvgIpc) is 2.80. The molecule has 0 spiro atoms. The van der Waals surface area contributed by atoms with E-state index >= 15 is 0 Å². The summed E-state index contributed by atoms with van der Waals surface area (Å²) in [6, 6.07) is 3.72. The van der Waals surface area contributed by atoms with Crippen molar-refractivity contribution in [3.63, 3.8) is 0 Å². The lowest BCUT2D eigenvalue weighted by Crippen LogP contribution is -2.60. The van der Waals surface area contributed by atoms with Crippen molar-refractivity contribution in [1.82, 2.24) is 20.3 Å². The third-order valence-electron chi connectivity index (χ3n) is 7.55. The molecule has 10 heteroatoms. The van der Waals surface area contributed by atoms with E-state index in [0.717, 1.165) is 44.1 Å². The summed E-state index contributed by atoms with van der Waals surface area (Å²) < 4.78 is 26.8. The zero-order valence-electron chi connectivity index (χ0n) is 26.6. The molecule has 0 saturated carbocycles. The first kappa shape index (κ1) is 33.0. The number of phenolic OH excluding ortho intramolecular Hbond substituents is 1. The second-order valence-electron chi connectivity index (χ2n) is 14.1. The van der Waals surface area contributed by atoms with E-state index in [-0.39, 0.29) is 51.1 Å². The van der Waals surface area contributed by atoms with Crippen molar-refractivity contribution in [2.75, 3.05) is 16.4 Å². The lowest BCUT2D eigenvalue weighted by molar-refractivity contribution is 0.170. The minimum absolute atomic E-state index is 0.00190. The Hall–Kier alpha value is -2.46. The van der Waals surface area contributed by atoms with Crippen molar-refractivity contribution in [3.05, 3.63) is 23.3 Å². The number of hydrogen-bond acceptors (Lipinski definition) is 9. The third-order valence-corrected chi connectivity index (χ3v) is 9.11. The molecular weight excluding hydrogens is 536 g/mol. The SMILES string of the molecule is CCCCCCCCS(=O)(=O)c1nc(Nc2cc(C)c(O)c(C(C)(C)C)c2)nc(NC2CC(C)(C)NC(C)(C)C2)n1. The molecule has 9 nitrogen and oxygen atoms in total. The van der Waals surface area contributed by atoms with Crippen LogP contribution in [0.15, 0.2) is 17.3 Å². The van der Waals surface area contributed by atoms with Crippen molar-refractivity contribution in [2.24, 2.45) is 0 Å². The molecule has 0 aliphatic carbocycles. The van der Waals surface area contributed by atoms with Crippen molar-refractivity contribution >= 4 is 27.4 Å². The fraction of sp³-hybridized carbons (Fsp3) is 0.710. The summed E-state index contributed by atoms with van der Waals surface area (Å²) in [7, 11) is -3.72. The van der Waals surface area contributed by atoms with E-state index < -0.39 is 9.84 Å². The molecule has 1 aliphatic rings. The molecule has 0 amide bonds. The Kier molecular flexibility index (Phi) is 10.3. The number of phenols is 1. The minimum Gasteiger partial charge on any atom is -0.507 e. The van der Waals surface area contributed by atoms with Gasteiger partial charge in [-0.05, 0) is 77.0 Å². The number of aryl methyl sites for hydroxylation is 1. The van der Waals surface area contributed by atoms with Gasteiger partial charge in [0.25, 0.3) is 5.16 Å². The summed E-state index contributed by atoms with van der Waals surface area (Å²) in [4.78, 5) is 13.4. The van der Waals surface area contributed by atoms with Gasteiger partial charge in [0.15, 0.2) is 0 Å². The zero-order chi connectivity index (χ0) is 30.6. The molecule has 2 heterocycles. The summed E-state index contributed by atoms with van der Waals surface area (Å²) in [6.07, 6.45) is 7.57. The monoisotopic (exact) mass is 588 g/mol. The number of nitrogens with one attached hydrogen (secondary N) is 3. The van der Waals surface area contributed by atoms with Gasteiger partial charge in [0.1, 0.15) is 5.75 Å². The maximum Gasteiger partial charge on any atom is 0.253 e. The molecule has 3 rings (SSSR count). The number of aromatic nitrogens is 3. The van der Waals surface area contributed by atoms with E-state index in [1.165, 1.54) is 6.42 Å². The molecule has 230 valence electrons. The lowest BCUT2D eigenvalue weighted by atomic mass is 9.80. The maximum atomic E-state index is 13.4. The van der Waals surface area contributed by atoms with Crippen LogP contribution in [0.3, 0.4) is 0 Å². The van der Waals surface area contributed by atoms with E-state index in [4.69, 9.17) is 0 Å². The van der Waals surface area contributed by atoms with Crippen LogP contribution in [0.25, 0.3) is 0 Å². The summed E-state index contributed by atoms with van der Waals surface area (Å²) >= 11 is 0. The highest BCUT2D eigenvalue weighted by Crippen LogP contribution is 2.36. The van der Waals surface area contributed by atoms with Gasteiger partial charge in [0, 0.05) is 28.4 Å². The Labute approximate surface area is 247 Å². The van der Waals surface area contributed by atoms with Crippen LogP contribution in [0, 0.1) is 6.92 Å². The molecule has 4 N–H and O–H groups in total. The van der Waals surface area contributed by atoms with Gasteiger partial charge in [-0.15, -0.1) is 0 Å². The number of sulfone groups is 1. The molecule has 0 bridgehead atoms. The fourth-order valence-corrected chi connectivity index (χ4v) is 7.16. The van der Waals surface area contributed by atoms with Crippen LogP contribution in [0.2, 0.25) is 0 Å². The topological polar surface area (TPSA) is 129 Å². The van der Waals surface area contributed by atoms with Crippen LogP contribution in [-0.4, -0.2) is 51.3 Å². The van der Waals surface area contributed by atoms with Gasteiger partial charge >= 0.3 is 0 Å². The summed E-state index contributed by atoms with van der Waals surface area (Å²) in [5.74, 6) is 0.650. The van der Waals surface area contributed by atoms with Crippen molar-refractivity contribution in [2.45, 2.75) is 141 Å². The Bertz CT molecular complexity index is 1290. The molecular formula is C31H52N6O3S. The second-order valence-corrected chi connectivity index (χ2v) is 16.1. The summed E-state index contributed by atoms with van der Waals surface area (Å²) in [5.41, 5.74) is 1.66. The maximum absolute atomic E-state index is 13.4. The molecule has 2 aromatic rings. The molecule has 0 radical (unpaired) electrons. The predicted octanol–water partition coefficient (Wildman–Crippen LogP) is 6.78. The molecule has 41 heavy (non-hydrogen) atoms. The largest absolute Gasteiger partial charge is 0.507 e. The number of anilines is 3. The van der Waals surface area contributed by atoms with Crippen LogP contribution in [0.4, 0.5) is 17.6 Å². The van der Waals surface area contributed by atoms with Crippen molar-refractivity contribution in [3.8, 4) is 5.75 Å². The number of piperidine rings is 1. The highest BCUT2D eigenvalue weighted by Gasteiger charge is 2.38. The molecule has 1 aromatic heterocycles. The Morgan fingerprint density at radius 2 is 1.54 bits per heavy atom. The number of benzene rings is 1. The van der Waals surface area contributed by atoms with Gasteiger partial charge in [-0.1, -0.05) is 59.8 Å². The number of aromatic hydroxyl groups is 1. The van der Waals surface area contributed by atoms with Gasteiger partial charge in [-0.3, -0.25) is 0 Å². The van der Waals surface area contributed by atoms with Gasteiger partial charge in [0.2, 0.25) is 21.7 Å². The minimum atomic E-state index is -3.72. The normalized spacial score (nSPS) is 17.4. The van der Waals surface area contributed by atoms with Crippen LogP contribution in [0.1, 0.15) is 118 Å².